The number of ether oxygens (including phenoxy) is 1. The largest absolute Gasteiger partial charge is 0.450 e. The molecule has 30 heavy (non-hydrogen) atoms. The van der Waals surface area contributed by atoms with Gasteiger partial charge in [-0.1, -0.05) is 12.1 Å². The Hall–Kier alpha value is -3.61. The molecular weight excluding hydrogens is 387 g/mol. The zero-order valence-corrected chi connectivity index (χ0v) is 17.1. The Kier molecular flexibility index (Phi) is 6.51. The first kappa shape index (κ1) is 21.1. The number of nitrogens with zero attached hydrogens (tertiary/aromatic N) is 2. The van der Waals surface area contributed by atoms with Crippen LogP contribution in [0.3, 0.4) is 0 Å². The molecule has 0 aliphatic carbocycles. The lowest BCUT2D eigenvalue weighted by atomic mass is 10.2. The number of hydrogen-bond donors (Lipinski definition) is 0. The van der Waals surface area contributed by atoms with E-state index >= 15 is 0 Å². The van der Waals surface area contributed by atoms with E-state index in [9.17, 15) is 14.0 Å². The Balaban J connectivity index is 1.52. The van der Waals surface area contributed by atoms with Gasteiger partial charge < -0.3 is 19.0 Å². The van der Waals surface area contributed by atoms with Gasteiger partial charge in [-0.2, -0.15) is 0 Å². The van der Waals surface area contributed by atoms with Crippen molar-refractivity contribution in [3.05, 3.63) is 77.8 Å². The summed E-state index contributed by atoms with van der Waals surface area (Å²) in [6.07, 6.45) is 0. The number of anilines is 1. The zero-order valence-electron chi connectivity index (χ0n) is 17.1. The minimum absolute atomic E-state index is 0.0240. The molecule has 1 amide bonds. The molecule has 7 heteroatoms. The molecule has 0 fully saturated rings. The van der Waals surface area contributed by atoms with E-state index in [0.717, 1.165) is 11.3 Å². The van der Waals surface area contributed by atoms with Gasteiger partial charge in [0.1, 0.15) is 11.6 Å². The second-order valence-electron chi connectivity index (χ2n) is 7.06. The molecule has 0 radical (unpaired) electrons. The minimum Gasteiger partial charge on any atom is -0.450 e. The molecule has 2 aromatic carbocycles. The van der Waals surface area contributed by atoms with Crippen LogP contribution >= 0.6 is 0 Å². The molecule has 0 unspecified atom stereocenters. The van der Waals surface area contributed by atoms with Crippen LogP contribution in [0.1, 0.15) is 16.1 Å². The predicted molar refractivity (Wildman–Crippen MR) is 112 cm³/mol. The highest BCUT2D eigenvalue weighted by atomic mass is 19.1. The average Bonchev–Trinajstić information content (AvgIpc) is 3.23. The SMILES string of the molecule is CN(Cc1ccc(N(C)C)cc1)C(=O)COC(=O)c1ccc(-c2ccc(F)cc2)o1. The Morgan fingerprint density at radius 2 is 1.60 bits per heavy atom. The second-order valence-corrected chi connectivity index (χ2v) is 7.06. The van der Waals surface area contributed by atoms with Gasteiger partial charge in [0, 0.05) is 38.9 Å². The molecule has 3 rings (SSSR count). The van der Waals surface area contributed by atoms with E-state index in [-0.39, 0.29) is 17.5 Å². The van der Waals surface area contributed by atoms with Gasteiger partial charge in [0.15, 0.2) is 6.61 Å². The summed E-state index contributed by atoms with van der Waals surface area (Å²) in [5.41, 5.74) is 2.67. The van der Waals surface area contributed by atoms with Crippen LogP contribution in [0.5, 0.6) is 0 Å². The van der Waals surface area contributed by atoms with Gasteiger partial charge in [-0.3, -0.25) is 4.79 Å². The maximum atomic E-state index is 13.0. The van der Waals surface area contributed by atoms with E-state index in [4.69, 9.17) is 9.15 Å². The first-order chi connectivity index (χ1) is 14.3. The van der Waals surface area contributed by atoms with E-state index in [1.807, 2.05) is 43.3 Å². The summed E-state index contributed by atoms with van der Waals surface area (Å²) in [5, 5.41) is 0. The fourth-order valence-corrected chi connectivity index (χ4v) is 2.79. The van der Waals surface area contributed by atoms with Gasteiger partial charge in [-0.15, -0.1) is 0 Å². The molecule has 6 nitrogen and oxygen atoms in total. The topological polar surface area (TPSA) is 63.0 Å². The van der Waals surface area contributed by atoms with Crippen molar-refractivity contribution in [1.82, 2.24) is 4.90 Å². The first-order valence-corrected chi connectivity index (χ1v) is 9.36. The molecule has 0 aliphatic heterocycles. The Bertz CT molecular complexity index is 1010. The van der Waals surface area contributed by atoms with Crippen molar-refractivity contribution < 1.29 is 23.1 Å². The molecule has 0 saturated carbocycles. The lowest BCUT2D eigenvalue weighted by Crippen LogP contribution is -2.30. The standard InChI is InChI=1S/C23H23FN2O4/c1-25(2)19-10-4-16(5-11-19)14-26(3)22(27)15-29-23(28)21-13-12-20(30-21)17-6-8-18(24)9-7-17/h4-13H,14-15H2,1-3H3. The number of carbonyl (C=O) groups excluding carboxylic acids is 2. The molecule has 0 bridgehead atoms. The summed E-state index contributed by atoms with van der Waals surface area (Å²) >= 11 is 0. The molecule has 1 aromatic heterocycles. The lowest BCUT2D eigenvalue weighted by Gasteiger charge is -2.18. The smallest absolute Gasteiger partial charge is 0.374 e. The maximum absolute atomic E-state index is 13.0. The number of amides is 1. The van der Waals surface area contributed by atoms with E-state index in [1.165, 1.54) is 23.1 Å². The van der Waals surface area contributed by atoms with Crippen molar-refractivity contribution in [2.45, 2.75) is 6.54 Å². The molecular formula is C23H23FN2O4. The number of rotatable bonds is 7. The van der Waals surface area contributed by atoms with E-state index in [0.29, 0.717) is 17.9 Å². The van der Waals surface area contributed by atoms with Crippen molar-refractivity contribution in [3.63, 3.8) is 0 Å². The van der Waals surface area contributed by atoms with Gasteiger partial charge in [0.05, 0.1) is 0 Å². The van der Waals surface area contributed by atoms with Crippen molar-refractivity contribution in [2.24, 2.45) is 0 Å². The lowest BCUT2D eigenvalue weighted by molar-refractivity contribution is -0.133. The van der Waals surface area contributed by atoms with Crippen LogP contribution < -0.4 is 4.90 Å². The van der Waals surface area contributed by atoms with Crippen LogP contribution in [0.2, 0.25) is 0 Å². The molecule has 0 aliphatic rings. The van der Waals surface area contributed by atoms with Gasteiger partial charge in [-0.05, 0) is 54.1 Å². The van der Waals surface area contributed by atoms with Crippen LogP contribution in [0, 0.1) is 5.82 Å². The third-order valence-corrected chi connectivity index (χ3v) is 4.56. The van der Waals surface area contributed by atoms with Crippen molar-refractivity contribution in [2.75, 3.05) is 32.6 Å². The summed E-state index contributed by atoms with van der Waals surface area (Å²) in [5.74, 6) is -1.04. The van der Waals surface area contributed by atoms with Gasteiger partial charge in [0.2, 0.25) is 5.76 Å². The summed E-state index contributed by atoms with van der Waals surface area (Å²) in [7, 11) is 5.57. The van der Waals surface area contributed by atoms with Gasteiger partial charge >= 0.3 is 5.97 Å². The monoisotopic (exact) mass is 410 g/mol. The summed E-state index contributed by atoms with van der Waals surface area (Å²) in [6.45, 7) is 0.0112. The predicted octanol–water partition coefficient (Wildman–Crippen LogP) is 3.97. The zero-order chi connectivity index (χ0) is 21.7. The van der Waals surface area contributed by atoms with Crippen molar-refractivity contribution >= 4 is 17.6 Å². The molecule has 0 saturated heterocycles. The molecule has 0 N–H and O–H groups in total. The van der Waals surface area contributed by atoms with Crippen LogP contribution in [-0.4, -0.2) is 44.5 Å². The number of hydrogen-bond acceptors (Lipinski definition) is 5. The Morgan fingerprint density at radius 1 is 0.933 bits per heavy atom. The fraction of sp³-hybridized carbons (Fsp3) is 0.217. The summed E-state index contributed by atoms with van der Waals surface area (Å²) in [4.78, 5) is 28.0. The average molecular weight is 410 g/mol. The van der Waals surface area contributed by atoms with Gasteiger partial charge in [0.25, 0.3) is 5.91 Å². The minimum atomic E-state index is -0.736. The van der Waals surface area contributed by atoms with Crippen LogP contribution in [0.25, 0.3) is 11.3 Å². The highest BCUT2D eigenvalue weighted by Gasteiger charge is 2.17. The van der Waals surface area contributed by atoms with Crippen molar-refractivity contribution in [3.8, 4) is 11.3 Å². The Labute approximate surface area is 174 Å². The Morgan fingerprint density at radius 3 is 2.23 bits per heavy atom. The molecule has 3 aromatic rings. The molecule has 0 spiro atoms. The molecule has 0 atom stereocenters. The third kappa shape index (κ3) is 5.26. The molecule has 1 heterocycles. The third-order valence-electron chi connectivity index (χ3n) is 4.56. The van der Waals surface area contributed by atoms with Crippen LogP contribution in [-0.2, 0) is 16.1 Å². The van der Waals surface area contributed by atoms with E-state index in [2.05, 4.69) is 0 Å². The normalized spacial score (nSPS) is 10.5. The highest BCUT2D eigenvalue weighted by Crippen LogP contribution is 2.23. The van der Waals surface area contributed by atoms with Crippen LogP contribution in [0.15, 0.2) is 65.1 Å². The second kappa shape index (κ2) is 9.26. The summed E-state index contributed by atoms with van der Waals surface area (Å²) in [6, 6.07) is 16.6. The molecule has 156 valence electrons. The fourth-order valence-electron chi connectivity index (χ4n) is 2.79. The summed E-state index contributed by atoms with van der Waals surface area (Å²) < 4.78 is 23.6. The number of esters is 1. The number of furan rings is 1. The van der Waals surface area contributed by atoms with Gasteiger partial charge in [-0.25, -0.2) is 9.18 Å². The number of likely N-dealkylation sites (N-methyl/N-ethyl adjacent to an activating group) is 1. The first-order valence-electron chi connectivity index (χ1n) is 9.36. The van der Waals surface area contributed by atoms with E-state index in [1.54, 1.807) is 25.2 Å². The number of carbonyl (C=O) groups is 2. The maximum Gasteiger partial charge on any atom is 0.374 e. The number of halogens is 1. The van der Waals surface area contributed by atoms with Crippen LogP contribution in [0.4, 0.5) is 10.1 Å². The number of benzene rings is 2. The quantitative estimate of drug-likeness (QED) is 0.552. The van der Waals surface area contributed by atoms with E-state index < -0.39 is 12.6 Å². The highest BCUT2D eigenvalue weighted by molar-refractivity contribution is 5.89. The van der Waals surface area contributed by atoms with Crippen molar-refractivity contribution in [1.29, 1.82) is 0 Å².